The molecule has 2 rings (SSSR count). The van der Waals surface area contributed by atoms with Crippen LogP contribution in [0.5, 0.6) is 0 Å². The first-order valence-electron chi connectivity index (χ1n) is 5.63. The van der Waals surface area contributed by atoms with Gasteiger partial charge in [0.05, 0.1) is 22.9 Å². The van der Waals surface area contributed by atoms with E-state index in [2.05, 4.69) is 6.07 Å². The van der Waals surface area contributed by atoms with E-state index in [1.165, 1.54) is 17.0 Å². The molecule has 0 saturated carbocycles. The van der Waals surface area contributed by atoms with Gasteiger partial charge in [0, 0.05) is 17.5 Å². The van der Waals surface area contributed by atoms with E-state index in [0.717, 1.165) is 13.1 Å². The van der Waals surface area contributed by atoms with E-state index in [0.29, 0.717) is 11.4 Å². The molecule has 0 radical (unpaired) electrons. The molecule has 0 spiro atoms. The summed E-state index contributed by atoms with van der Waals surface area (Å²) in [6.45, 7) is 3.49. The van der Waals surface area contributed by atoms with Crippen molar-refractivity contribution >= 4 is 34.3 Å². The highest BCUT2D eigenvalue weighted by Crippen LogP contribution is 2.30. The lowest BCUT2D eigenvalue weighted by atomic mass is 10.2. The number of nitrogen functional groups attached to an aromatic ring is 1. The van der Waals surface area contributed by atoms with Crippen LogP contribution < -0.4 is 10.6 Å². The molecule has 0 fully saturated rings. The minimum absolute atomic E-state index is 0.0587. The molecule has 5 heteroatoms. The predicted molar refractivity (Wildman–Crippen MR) is 76.9 cm³/mol. The zero-order chi connectivity index (χ0) is 13.1. The Kier molecular flexibility index (Phi) is 4.09. The zero-order valence-corrected chi connectivity index (χ0v) is 11.6. The number of anilines is 2. The number of thiophene rings is 1. The van der Waals surface area contributed by atoms with Gasteiger partial charge in [0.2, 0.25) is 0 Å². The third kappa shape index (κ3) is 2.76. The Balaban J connectivity index is 2.30. The summed E-state index contributed by atoms with van der Waals surface area (Å²) < 4.78 is 13.5. The first kappa shape index (κ1) is 13.2. The molecule has 2 aromatic rings. The molecule has 96 valence electrons. The van der Waals surface area contributed by atoms with Crippen LogP contribution in [0.2, 0.25) is 5.02 Å². The van der Waals surface area contributed by atoms with Crippen LogP contribution >= 0.6 is 22.9 Å². The molecular formula is C13H14ClFN2S. The molecule has 18 heavy (non-hydrogen) atoms. The summed E-state index contributed by atoms with van der Waals surface area (Å²) >= 11 is 7.38. The van der Waals surface area contributed by atoms with Crippen LogP contribution in [0.15, 0.2) is 29.6 Å². The summed E-state index contributed by atoms with van der Waals surface area (Å²) in [5.74, 6) is -0.439. The zero-order valence-electron chi connectivity index (χ0n) is 9.99. The summed E-state index contributed by atoms with van der Waals surface area (Å²) in [4.78, 5) is 3.24. The third-order valence-electron chi connectivity index (χ3n) is 2.72. The first-order valence-corrected chi connectivity index (χ1v) is 6.89. The highest BCUT2D eigenvalue weighted by Gasteiger charge is 2.12. The van der Waals surface area contributed by atoms with Crippen LogP contribution in [-0.4, -0.2) is 6.54 Å². The lowest BCUT2D eigenvalue weighted by Gasteiger charge is -2.24. The van der Waals surface area contributed by atoms with Crippen molar-refractivity contribution in [1.82, 2.24) is 0 Å². The average molecular weight is 285 g/mol. The molecule has 0 saturated heterocycles. The van der Waals surface area contributed by atoms with E-state index in [1.54, 1.807) is 11.3 Å². The van der Waals surface area contributed by atoms with Gasteiger partial charge in [-0.3, -0.25) is 0 Å². The van der Waals surface area contributed by atoms with Gasteiger partial charge < -0.3 is 10.6 Å². The third-order valence-corrected chi connectivity index (χ3v) is 3.87. The Morgan fingerprint density at radius 1 is 1.44 bits per heavy atom. The second-order valence-electron chi connectivity index (χ2n) is 3.92. The van der Waals surface area contributed by atoms with Gasteiger partial charge in [-0.2, -0.15) is 0 Å². The van der Waals surface area contributed by atoms with E-state index in [4.69, 9.17) is 17.3 Å². The predicted octanol–water partition coefficient (Wildman–Crippen LogP) is 4.15. The molecule has 1 aromatic heterocycles. The van der Waals surface area contributed by atoms with E-state index in [9.17, 15) is 4.39 Å². The fourth-order valence-corrected chi connectivity index (χ4v) is 2.68. The van der Waals surface area contributed by atoms with Crippen molar-refractivity contribution in [3.05, 3.63) is 45.4 Å². The lowest BCUT2D eigenvalue weighted by molar-refractivity contribution is 0.627. The van der Waals surface area contributed by atoms with Gasteiger partial charge in [-0.05, 0) is 24.4 Å². The highest BCUT2D eigenvalue weighted by atomic mass is 35.5. The molecule has 2 N–H and O–H groups in total. The van der Waals surface area contributed by atoms with E-state index in [1.807, 2.05) is 23.3 Å². The summed E-state index contributed by atoms with van der Waals surface area (Å²) in [6, 6.07) is 6.91. The number of benzene rings is 1. The standard InChI is InChI=1S/C13H14ClFN2S/c1-2-17(8-9-4-3-5-18-9)13-7-11(15)10(14)6-12(13)16/h3-7H,2,8,16H2,1H3. The van der Waals surface area contributed by atoms with Crippen molar-refractivity contribution in [2.75, 3.05) is 17.2 Å². The number of nitrogens with two attached hydrogens (primary N) is 1. The van der Waals surface area contributed by atoms with Crippen molar-refractivity contribution in [2.45, 2.75) is 13.5 Å². The average Bonchev–Trinajstić information content (AvgIpc) is 2.84. The minimum Gasteiger partial charge on any atom is -0.397 e. The van der Waals surface area contributed by atoms with Crippen LogP contribution in [0, 0.1) is 5.82 Å². The van der Waals surface area contributed by atoms with Gasteiger partial charge in [-0.15, -0.1) is 11.3 Å². The lowest BCUT2D eigenvalue weighted by Crippen LogP contribution is -2.22. The van der Waals surface area contributed by atoms with Gasteiger partial charge in [-0.1, -0.05) is 17.7 Å². The van der Waals surface area contributed by atoms with Gasteiger partial charge in [0.25, 0.3) is 0 Å². The minimum atomic E-state index is -0.439. The first-order chi connectivity index (χ1) is 8.61. The molecule has 0 bridgehead atoms. The van der Waals surface area contributed by atoms with Crippen LogP contribution in [-0.2, 0) is 6.54 Å². The van der Waals surface area contributed by atoms with Crippen molar-refractivity contribution in [2.24, 2.45) is 0 Å². The fraction of sp³-hybridized carbons (Fsp3) is 0.231. The van der Waals surface area contributed by atoms with Crippen molar-refractivity contribution in [3.63, 3.8) is 0 Å². The highest BCUT2D eigenvalue weighted by molar-refractivity contribution is 7.09. The van der Waals surface area contributed by atoms with Crippen LogP contribution in [0.4, 0.5) is 15.8 Å². The largest absolute Gasteiger partial charge is 0.397 e. The van der Waals surface area contributed by atoms with Gasteiger partial charge in [0.15, 0.2) is 0 Å². The SMILES string of the molecule is CCN(Cc1cccs1)c1cc(F)c(Cl)cc1N. The van der Waals surface area contributed by atoms with Crippen LogP contribution in [0.25, 0.3) is 0 Å². The van der Waals surface area contributed by atoms with E-state index < -0.39 is 5.82 Å². The molecule has 1 aromatic carbocycles. The Hall–Kier alpha value is -1.26. The van der Waals surface area contributed by atoms with E-state index >= 15 is 0 Å². The summed E-state index contributed by atoms with van der Waals surface area (Å²) in [6.07, 6.45) is 0. The number of halogens is 2. The number of rotatable bonds is 4. The Bertz CT molecular complexity index is 528. The Labute approximate surface area is 115 Å². The topological polar surface area (TPSA) is 29.3 Å². The Morgan fingerprint density at radius 2 is 2.22 bits per heavy atom. The van der Waals surface area contributed by atoms with Crippen LogP contribution in [0.1, 0.15) is 11.8 Å². The number of nitrogens with zero attached hydrogens (tertiary/aromatic N) is 1. The Morgan fingerprint density at radius 3 is 2.83 bits per heavy atom. The maximum absolute atomic E-state index is 13.5. The summed E-state index contributed by atoms with van der Waals surface area (Å²) in [5.41, 5.74) is 7.09. The van der Waals surface area contributed by atoms with Gasteiger partial charge >= 0.3 is 0 Å². The second kappa shape index (κ2) is 5.59. The number of hydrogen-bond acceptors (Lipinski definition) is 3. The molecule has 1 heterocycles. The summed E-state index contributed by atoms with van der Waals surface area (Å²) in [5, 5.41) is 2.08. The molecule has 0 unspecified atom stereocenters. The fourth-order valence-electron chi connectivity index (χ4n) is 1.78. The molecule has 0 aliphatic rings. The molecule has 0 aliphatic carbocycles. The maximum Gasteiger partial charge on any atom is 0.144 e. The number of hydrogen-bond donors (Lipinski definition) is 1. The quantitative estimate of drug-likeness (QED) is 0.855. The van der Waals surface area contributed by atoms with Gasteiger partial charge in [-0.25, -0.2) is 4.39 Å². The second-order valence-corrected chi connectivity index (χ2v) is 5.36. The molecule has 0 aliphatic heterocycles. The van der Waals surface area contributed by atoms with Crippen LogP contribution in [0.3, 0.4) is 0 Å². The van der Waals surface area contributed by atoms with Crippen molar-refractivity contribution in [1.29, 1.82) is 0 Å². The molecule has 0 atom stereocenters. The van der Waals surface area contributed by atoms with Crippen molar-refractivity contribution < 1.29 is 4.39 Å². The monoisotopic (exact) mass is 284 g/mol. The maximum atomic E-state index is 13.5. The normalized spacial score (nSPS) is 10.6. The summed E-state index contributed by atoms with van der Waals surface area (Å²) in [7, 11) is 0. The van der Waals surface area contributed by atoms with Crippen molar-refractivity contribution in [3.8, 4) is 0 Å². The molecule has 2 nitrogen and oxygen atoms in total. The molecule has 0 amide bonds. The van der Waals surface area contributed by atoms with Gasteiger partial charge in [0.1, 0.15) is 5.82 Å². The van der Waals surface area contributed by atoms with E-state index in [-0.39, 0.29) is 5.02 Å². The molecular weight excluding hydrogens is 271 g/mol. The smallest absolute Gasteiger partial charge is 0.144 e.